The highest BCUT2D eigenvalue weighted by Gasteiger charge is 2.53. The van der Waals surface area contributed by atoms with Gasteiger partial charge in [-0.05, 0) is 75.5 Å². The fraction of sp³-hybridized carbons (Fsp3) is 0.882. The third kappa shape index (κ3) is 3.09. The summed E-state index contributed by atoms with van der Waals surface area (Å²) >= 11 is 0. The first kappa shape index (κ1) is 14.9. The van der Waals surface area contributed by atoms with Crippen molar-refractivity contribution in [1.29, 1.82) is 0 Å². The number of rotatable bonds is 5. The van der Waals surface area contributed by atoms with E-state index in [1.807, 2.05) is 0 Å². The van der Waals surface area contributed by atoms with Crippen molar-refractivity contribution in [2.45, 2.75) is 64.8 Å². The molecule has 4 aliphatic carbocycles. The van der Waals surface area contributed by atoms with E-state index in [9.17, 15) is 9.59 Å². The van der Waals surface area contributed by atoms with Crippen molar-refractivity contribution < 1.29 is 9.59 Å². The van der Waals surface area contributed by atoms with E-state index < -0.39 is 0 Å². The van der Waals surface area contributed by atoms with Gasteiger partial charge in [-0.3, -0.25) is 4.79 Å². The van der Waals surface area contributed by atoms with Gasteiger partial charge in [0, 0.05) is 19.0 Å². The fourth-order valence-corrected chi connectivity index (χ4v) is 5.46. The maximum absolute atomic E-state index is 12.0. The van der Waals surface area contributed by atoms with E-state index in [2.05, 4.69) is 17.6 Å². The van der Waals surface area contributed by atoms with Crippen molar-refractivity contribution in [2.75, 3.05) is 6.54 Å². The second-order valence-electron chi connectivity index (χ2n) is 7.85. The van der Waals surface area contributed by atoms with Crippen LogP contribution in [-0.2, 0) is 4.79 Å². The van der Waals surface area contributed by atoms with Crippen LogP contribution >= 0.6 is 0 Å². The first-order valence-electron chi connectivity index (χ1n) is 8.50. The lowest BCUT2D eigenvalue weighted by molar-refractivity contribution is -0.116. The number of ketones is 1. The Labute approximate surface area is 127 Å². The Morgan fingerprint density at radius 1 is 1.10 bits per heavy atom. The summed E-state index contributed by atoms with van der Waals surface area (Å²) in [5, 5.41) is 5.96. The van der Waals surface area contributed by atoms with E-state index in [-0.39, 0.29) is 17.9 Å². The minimum absolute atomic E-state index is 0.112. The Morgan fingerprint density at radius 2 is 1.62 bits per heavy atom. The summed E-state index contributed by atoms with van der Waals surface area (Å²) in [7, 11) is 0. The minimum atomic E-state index is -0.112. The molecule has 4 aliphatic rings. The predicted molar refractivity (Wildman–Crippen MR) is 81.9 cm³/mol. The molecule has 4 fully saturated rings. The van der Waals surface area contributed by atoms with Crippen LogP contribution in [0.25, 0.3) is 0 Å². The molecule has 4 saturated carbocycles. The minimum Gasteiger partial charge on any atom is -0.338 e. The van der Waals surface area contributed by atoms with Gasteiger partial charge in [0.15, 0.2) is 0 Å². The Kier molecular flexibility index (Phi) is 3.98. The van der Waals surface area contributed by atoms with E-state index in [1.54, 1.807) is 6.92 Å². The van der Waals surface area contributed by atoms with Crippen LogP contribution in [0.2, 0.25) is 0 Å². The summed E-state index contributed by atoms with van der Waals surface area (Å²) < 4.78 is 0. The largest absolute Gasteiger partial charge is 0.338 e. The Balaban J connectivity index is 1.54. The molecule has 1 atom stereocenters. The molecule has 0 aromatic rings. The molecular formula is C17H28N2O2. The van der Waals surface area contributed by atoms with Crippen LogP contribution in [0.5, 0.6) is 0 Å². The fourth-order valence-electron chi connectivity index (χ4n) is 5.46. The Hall–Kier alpha value is -1.06. The highest BCUT2D eigenvalue weighted by atomic mass is 16.2. The monoisotopic (exact) mass is 292 g/mol. The van der Waals surface area contributed by atoms with Gasteiger partial charge in [0.2, 0.25) is 0 Å². The van der Waals surface area contributed by atoms with E-state index in [4.69, 9.17) is 0 Å². The van der Waals surface area contributed by atoms with Gasteiger partial charge in [-0.25, -0.2) is 4.79 Å². The van der Waals surface area contributed by atoms with Crippen LogP contribution in [-0.4, -0.2) is 24.4 Å². The Bertz CT molecular complexity index is 397. The molecule has 4 heteroatoms. The van der Waals surface area contributed by atoms with Crippen molar-refractivity contribution in [2.24, 2.45) is 23.2 Å². The molecule has 0 aromatic carbocycles. The zero-order valence-electron chi connectivity index (χ0n) is 13.3. The lowest BCUT2D eigenvalue weighted by atomic mass is 9.48. The second-order valence-corrected chi connectivity index (χ2v) is 7.85. The predicted octanol–water partition coefficient (Wildman–Crippen LogP) is 2.87. The third-order valence-corrected chi connectivity index (χ3v) is 6.11. The summed E-state index contributed by atoms with van der Waals surface area (Å²) in [4.78, 5) is 22.9. The van der Waals surface area contributed by atoms with E-state index >= 15 is 0 Å². The number of Topliss-reactive ketones (excluding diaryl/α,β-unsaturated/α-hetero) is 1. The summed E-state index contributed by atoms with van der Waals surface area (Å²) in [5.74, 6) is 2.83. The van der Waals surface area contributed by atoms with E-state index in [1.165, 1.54) is 38.5 Å². The van der Waals surface area contributed by atoms with Gasteiger partial charge in [-0.2, -0.15) is 0 Å². The normalized spacial score (nSPS) is 38.1. The molecule has 118 valence electrons. The van der Waals surface area contributed by atoms with Crippen molar-refractivity contribution >= 4 is 11.8 Å². The highest BCUT2D eigenvalue weighted by Crippen LogP contribution is 2.61. The molecule has 0 spiro atoms. The number of hydrogen-bond donors (Lipinski definition) is 2. The lowest BCUT2D eigenvalue weighted by Crippen LogP contribution is -2.57. The second kappa shape index (κ2) is 5.62. The molecule has 21 heavy (non-hydrogen) atoms. The topological polar surface area (TPSA) is 58.2 Å². The van der Waals surface area contributed by atoms with Crippen LogP contribution in [0.3, 0.4) is 0 Å². The molecule has 0 aromatic heterocycles. The Morgan fingerprint density at radius 3 is 2.10 bits per heavy atom. The van der Waals surface area contributed by atoms with Gasteiger partial charge in [0.05, 0.1) is 0 Å². The number of urea groups is 1. The van der Waals surface area contributed by atoms with Crippen LogP contribution < -0.4 is 10.6 Å². The van der Waals surface area contributed by atoms with Crippen LogP contribution in [0.15, 0.2) is 0 Å². The van der Waals surface area contributed by atoms with Crippen molar-refractivity contribution in [1.82, 2.24) is 10.6 Å². The van der Waals surface area contributed by atoms with Gasteiger partial charge in [0.1, 0.15) is 5.78 Å². The molecular weight excluding hydrogens is 264 g/mol. The van der Waals surface area contributed by atoms with Crippen LogP contribution in [0.1, 0.15) is 58.8 Å². The quantitative estimate of drug-likeness (QED) is 0.818. The van der Waals surface area contributed by atoms with Gasteiger partial charge in [-0.1, -0.05) is 0 Å². The smallest absolute Gasteiger partial charge is 0.315 e. The highest BCUT2D eigenvalue weighted by molar-refractivity contribution is 5.78. The van der Waals surface area contributed by atoms with E-state index in [0.29, 0.717) is 18.4 Å². The maximum Gasteiger partial charge on any atom is 0.315 e. The zero-order chi connectivity index (χ0) is 15.0. The van der Waals surface area contributed by atoms with Crippen molar-refractivity contribution in [3.63, 3.8) is 0 Å². The van der Waals surface area contributed by atoms with E-state index in [0.717, 1.165) is 17.8 Å². The number of nitrogens with one attached hydrogen (secondary N) is 2. The molecule has 4 bridgehead atoms. The zero-order valence-corrected chi connectivity index (χ0v) is 13.3. The van der Waals surface area contributed by atoms with Gasteiger partial charge in [-0.15, -0.1) is 0 Å². The van der Waals surface area contributed by atoms with Crippen molar-refractivity contribution in [3.05, 3.63) is 0 Å². The number of hydrogen-bond acceptors (Lipinski definition) is 2. The first-order chi connectivity index (χ1) is 9.97. The standard InChI is InChI=1S/C17H28N2O2/c1-11(20)3-4-18-16(21)19-12(2)17-8-13-5-14(9-17)7-15(6-13)10-17/h12-15H,3-10H2,1-2H3,(H2,18,19,21). The average molecular weight is 292 g/mol. The molecule has 0 saturated heterocycles. The first-order valence-corrected chi connectivity index (χ1v) is 8.50. The molecule has 0 heterocycles. The summed E-state index contributed by atoms with van der Waals surface area (Å²) in [5.41, 5.74) is 0.340. The summed E-state index contributed by atoms with van der Waals surface area (Å²) in [6.45, 7) is 4.17. The molecule has 4 nitrogen and oxygen atoms in total. The number of carbonyl (C=O) groups excluding carboxylic acids is 2. The number of amides is 2. The molecule has 2 N–H and O–H groups in total. The third-order valence-electron chi connectivity index (χ3n) is 6.11. The van der Waals surface area contributed by atoms with Gasteiger partial charge >= 0.3 is 6.03 Å². The number of carbonyl (C=O) groups is 2. The molecule has 0 radical (unpaired) electrons. The van der Waals surface area contributed by atoms with Crippen molar-refractivity contribution in [3.8, 4) is 0 Å². The molecule has 0 aliphatic heterocycles. The van der Waals surface area contributed by atoms with Gasteiger partial charge in [0.25, 0.3) is 0 Å². The SMILES string of the molecule is CC(=O)CCNC(=O)NC(C)C12CC3CC(CC(C3)C1)C2. The molecule has 4 rings (SSSR count). The maximum atomic E-state index is 12.0. The van der Waals surface area contributed by atoms with Gasteiger partial charge < -0.3 is 10.6 Å². The van der Waals surface area contributed by atoms with Crippen LogP contribution in [0.4, 0.5) is 4.79 Å². The summed E-state index contributed by atoms with van der Waals surface area (Å²) in [6, 6.07) is 0.128. The molecule has 2 amide bonds. The average Bonchev–Trinajstić information content (AvgIpc) is 2.36. The lowest BCUT2D eigenvalue weighted by Gasteiger charge is -2.59. The molecule has 1 unspecified atom stereocenters. The summed E-state index contributed by atoms with van der Waals surface area (Å²) in [6.07, 6.45) is 8.60. The van der Waals surface area contributed by atoms with Crippen LogP contribution in [0, 0.1) is 23.2 Å².